The Labute approximate surface area is 104 Å². The molecular weight excluding hydrogens is 238 g/mol. The first-order valence-electron chi connectivity index (χ1n) is 5.36. The molecule has 0 aliphatic heterocycles. The van der Waals surface area contributed by atoms with Crippen LogP contribution in [0.25, 0.3) is 0 Å². The van der Waals surface area contributed by atoms with Gasteiger partial charge in [0.1, 0.15) is 11.6 Å². The fourth-order valence-corrected chi connectivity index (χ4v) is 1.86. The maximum atomic E-state index is 5.95. The molecule has 2 aromatic rings. The summed E-state index contributed by atoms with van der Waals surface area (Å²) >= 11 is 5.95. The molecule has 0 amide bonds. The van der Waals surface area contributed by atoms with Crippen LogP contribution in [0.5, 0.6) is 0 Å². The van der Waals surface area contributed by atoms with Crippen LogP contribution in [0, 0.1) is 0 Å². The van der Waals surface area contributed by atoms with E-state index in [0.29, 0.717) is 10.8 Å². The summed E-state index contributed by atoms with van der Waals surface area (Å²) in [4.78, 5) is 11.4. The van der Waals surface area contributed by atoms with E-state index in [2.05, 4.69) is 20.3 Å². The molecule has 1 unspecified atom stereocenters. The van der Waals surface area contributed by atoms with Crippen LogP contribution in [0.3, 0.4) is 0 Å². The highest BCUT2D eigenvalue weighted by molar-refractivity contribution is 6.30. The van der Waals surface area contributed by atoms with Gasteiger partial charge in [-0.25, -0.2) is 9.97 Å². The van der Waals surface area contributed by atoms with Crippen LogP contribution in [0.4, 0.5) is 5.82 Å². The molecule has 4 N–H and O–H groups in total. The molecule has 6 heteroatoms. The van der Waals surface area contributed by atoms with Crippen LogP contribution in [0.2, 0.25) is 5.02 Å². The van der Waals surface area contributed by atoms with Crippen molar-refractivity contribution in [2.75, 3.05) is 12.3 Å². The number of nitrogens with zero attached hydrogens (tertiary/aromatic N) is 2. The van der Waals surface area contributed by atoms with E-state index in [0.717, 1.165) is 17.9 Å². The number of nitrogens with two attached hydrogens (primary N) is 1. The number of nitrogens with one attached hydrogen (secondary N) is 2. The van der Waals surface area contributed by atoms with Crippen LogP contribution in [-0.4, -0.2) is 21.5 Å². The lowest BCUT2D eigenvalue weighted by Gasteiger charge is -2.17. The van der Waals surface area contributed by atoms with Gasteiger partial charge >= 0.3 is 0 Å². The number of aromatic nitrogens is 3. The minimum atomic E-state index is -0.124. The Bertz CT molecular complexity index is 483. The van der Waals surface area contributed by atoms with Crippen LogP contribution >= 0.6 is 11.6 Å². The van der Waals surface area contributed by atoms with Crippen LogP contribution in [-0.2, 0) is 0 Å². The summed E-state index contributed by atoms with van der Waals surface area (Å²) in [6.07, 6.45) is 5.01. The molecule has 2 rings (SSSR count). The van der Waals surface area contributed by atoms with E-state index < -0.39 is 0 Å². The van der Waals surface area contributed by atoms with E-state index >= 15 is 0 Å². The van der Waals surface area contributed by atoms with Crippen molar-refractivity contribution in [2.45, 2.75) is 13.0 Å². The summed E-state index contributed by atoms with van der Waals surface area (Å²) in [6, 6.07) is 1.68. The molecule has 17 heavy (non-hydrogen) atoms. The Morgan fingerprint density at radius 1 is 1.53 bits per heavy atom. The summed E-state index contributed by atoms with van der Waals surface area (Å²) in [5.41, 5.74) is 6.70. The number of hydrogen-bond acceptors (Lipinski definition) is 4. The quantitative estimate of drug-likeness (QED) is 0.773. The fourth-order valence-electron chi connectivity index (χ4n) is 1.69. The van der Waals surface area contributed by atoms with Gasteiger partial charge in [0, 0.05) is 24.2 Å². The zero-order valence-electron chi connectivity index (χ0n) is 9.44. The Hall–Kier alpha value is -1.59. The predicted molar refractivity (Wildman–Crippen MR) is 67.8 cm³/mol. The van der Waals surface area contributed by atoms with Gasteiger partial charge in [-0.2, -0.15) is 0 Å². The second-order valence-corrected chi connectivity index (χ2v) is 4.03. The lowest BCUT2D eigenvalue weighted by molar-refractivity contribution is 0.603. The number of H-pyrrole nitrogens is 1. The summed E-state index contributed by atoms with van der Waals surface area (Å²) < 4.78 is 0. The molecule has 0 aliphatic rings. The Balaban J connectivity index is 2.42. The molecule has 0 fully saturated rings. The molecule has 0 saturated carbocycles. The number of imidazole rings is 1. The molecule has 0 spiro atoms. The maximum Gasteiger partial charge on any atom is 0.128 e. The zero-order valence-corrected chi connectivity index (χ0v) is 10.2. The van der Waals surface area contributed by atoms with Crippen molar-refractivity contribution < 1.29 is 0 Å². The molecule has 1 atom stereocenters. The topological polar surface area (TPSA) is 79.6 Å². The van der Waals surface area contributed by atoms with Gasteiger partial charge in [0.15, 0.2) is 0 Å². The van der Waals surface area contributed by atoms with Gasteiger partial charge in [0.05, 0.1) is 11.1 Å². The SMILES string of the molecule is CCNC(c1ncc[nH]1)c1cc(Cl)cnc1N. The number of hydrogen-bond donors (Lipinski definition) is 3. The number of halogens is 1. The summed E-state index contributed by atoms with van der Waals surface area (Å²) in [7, 11) is 0. The molecule has 2 heterocycles. The predicted octanol–water partition coefficient (Wildman–Crippen LogP) is 1.74. The number of nitrogen functional groups attached to an aromatic ring is 1. The van der Waals surface area contributed by atoms with Crippen LogP contribution in [0.1, 0.15) is 24.4 Å². The van der Waals surface area contributed by atoms with Gasteiger partial charge in [-0.15, -0.1) is 0 Å². The third kappa shape index (κ3) is 2.57. The van der Waals surface area contributed by atoms with E-state index in [1.165, 1.54) is 6.20 Å². The lowest BCUT2D eigenvalue weighted by atomic mass is 10.1. The number of rotatable bonds is 4. The first-order chi connectivity index (χ1) is 8.22. The largest absolute Gasteiger partial charge is 0.383 e. The summed E-state index contributed by atoms with van der Waals surface area (Å²) in [5.74, 6) is 1.25. The third-order valence-corrected chi connectivity index (χ3v) is 2.63. The molecule has 0 aliphatic carbocycles. The Morgan fingerprint density at radius 2 is 2.35 bits per heavy atom. The van der Waals surface area contributed by atoms with E-state index in [1.807, 2.05) is 6.92 Å². The van der Waals surface area contributed by atoms with E-state index in [1.54, 1.807) is 18.5 Å². The molecule has 90 valence electrons. The average Bonchev–Trinajstić information content (AvgIpc) is 2.83. The van der Waals surface area contributed by atoms with Crippen molar-refractivity contribution in [1.29, 1.82) is 0 Å². The van der Waals surface area contributed by atoms with Gasteiger partial charge in [0.2, 0.25) is 0 Å². The fraction of sp³-hybridized carbons (Fsp3) is 0.273. The third-order valence-electron chi connectivity index (χ3n) is 2.43. The molecular formula is C11H14ClN5. The van der Waals surface area contributed by atoms with Crippen LogP contribution < -0.4 is 11.1 Å². The van der Waals surface area contributed by atoms with Crippen molar-refractivity contribution in [3.05, 3.63) is 41.1 Å². The minimum Gasteiger partial charge on any atom is -0.383 e. The summed E-state index contributed by atoms with van der Waals surface area (Å²) in [6.45, 7) is 2.81. The lowest BCUT2D eigenvalue weighted by Crippen LogP contribution is -2.24. The van der Waals surface area contributed by atoms with Crippen LogP contribution in [0.15, 0.2) is 24.7 Å². The second-order valence-electron chi connectivity index (χ2n) is 3.59. The summed E-state index contributed by atoms with van der Waals surface area (Å²) in [5, 5.41) is 3.86. The van der Waals surface area contributed by atoms with Crippen molar-refractivity contribution in [2.24, 2.45) is 0 Å². The number of pyridine rings is 1. The highest BCUT2D eigenvalue weighted by Crippen LogP contribution is 2.25. The molecule has 0 bridgehead atoms. The van der Waals surface area contributed by atoms with E-state index in [4.69, 9.17) is 17.3 Å². The van der Waals surface area contributed by atoms with Gasteiger partial charge < -0.3 is 16.0 Å². The highest BCUT2D eigenvalue weighted by Gasteiger charge is 2.18. The van der Waals surface area contributed by atoms with E-state index in [9.17, 15) is 0 Å². The molecule has 0 aromatic carbocycles. The number of anilines is 1. The van der Waals surface area contributed by atoms with Gasteiger partial charge in [-0.1, -0.05) is 18.5 Å². The zero-order chi connectivity index (χ0) is 12.3. The normalized spacial score (nSPS) is 12.6. The Kier molecular flexibility index (Phi) is 3.61. The standard InChI is InChI=1S/C11H14ClN5/c1-2-14-9(11-15-3-4-16-11)8-5-7(12)6-17-10(8)13/h3-6,9,14H,2H2,1H3,(H2,13,17)(H,15,16). The van der Waals surface area contributed by atoms with Crippen molar-refractivity contribution in [3.63, 3.8) is 0 Å². The van der Waals surface area contributed by atoms with Crippen molar-refractivity contribution >= 4 is 17.4 Å². The number of aromatic amines is 1. The second kappa shape index (κ2) is 5.16. The van der Waals surface area contributed by atoms with E-state index in [-0.39, 0.29) is 6.04 Å². The van der Waals surface area contributed by atoms with Crippen molar-refractivity contribution in [1.82, 2.24) is 20.3 Å². The van der Waals surface area contributed by atoms with Crippen molar-refractivity contribution in [3.8, 4) is 0 Å². The Morgan fingerprint density at radius 3 is 3.00 bits per heavy atom. The first kappa shape index (κ1) is 11.9. The van der Waals surface area contributed by atoms with Gasteiger partial charge in [0.25, 0.3) is 0 Å². The van der Waals surface area contributed by atoms with Gasteiger partial charge in [-0.3, -0.25) is 0 Å². The molecule has 2 aromatic heterocycles. The first-order valence-corrected chi connectivity index (χ1v) is 5.73. The smallest absolute Gasteiger partial charge is 0.128 e. The molecule has 0 saturated heterocycles. The highest BCUT2D eigenvalue weighted by atomic mass is 35.5. The minimum absolute atomic E-state index is 0.124. The molecule has 5 nitrogen and oxygen atoms in total. The average molecular weight is 252 g/mol. The monoisotopic (exact) mass is 251 g/mol. The maximum absolute atomic E-state index is 5.95. The van der Waals surface area contributed by atoms with Gasteiger partial charge in [-0.05, 0) is 12.6 Å². The molecule has 0 radical (unpaired) electrons.